The highest BCUT2D eigenvalue weighted by atomic mass is 19.4. The number of nitrogens with one attached hydrogen (secondary N) is 2. The smallest absolute Gasteiger partial charge is 0.406 e. The van der Waals surface area contributed by atoms with Gasteiger partial charge in [-0.05, 0) is 24.6 Å². The van der Waals surface area contributed by atoms with E-state index in [1.807, 2.05) is 0 Å². The first-order valence-corrected chi connectivity index (χ1v) is 11.5. The summed E-state index contributed by atoms with van der Waals surface area (Å²) in [6, 6.07) is 11.0. The number of hydrazine groups is 1. The average Bonchev–Trinajstić information content (AvgIpc) is 3.46. The second-order valence-corrected chi connectivity index (χ2v) is 8.51. The molecule has 9 nitrogen and oxygen atoms in total. The van der Waals surface area contributed by atoms with Crippen LogP contribution in [0.1, 0.15) is 30.7 Å². The second-order valence-electron chi connectivity index (χ2n) is 8.51. The highest BCUT2D eigenvalue weighted by Crippen LogP contribution is 2.43. The maximum Gasteiger partial charge on any atom is 0.406 e. The van der Waals surface area contributed by atoms with Gasteiger partial charge in [0.1, 0.15) is 23.5 Å². The number of alkyl halides is 3. The van der Waals surface area contributed by atoms with E-state index in [1.165, 1.54) is 7.11 Å². The third-order valence-corrected chi connectivity index (χ3v) is 6.29. The van der Waals surface area contributed by atoms with Crippen LogP contribution in [-0.4, -0.2) is 54.0 Å². The fourth-order valence-electron chi connectivity index (χ4n) is 4.73. The highest BCUT2D eigenvalue weighted by Gasteiger charge is 2.58. The first-order chi connectivity index (χ1) is 17.7. The topological polar surface area (TPSA) is 106 Å². The number of nitrogens with zero attached hydrogens (tertiary/aromatic N) is 2. The molecule has 2 N–H and O–H groups in total. The lowest BCUT2D eigenvalue weighted by Gasteiger charge is -2.35. The van der Waals surface area contributed by atoms with Crippen molar-refractivity contribution < 1.29 is 36.7 Å². The fourth-order valence-corrected chi connectivity index (χ4v) is 4.73. The quantitative estimate of drug-likeness (QED) is 0.480. The van der Waals surface area contributed by atoms with Crippen LogP contribution in [0.25, 0.3) is 16.7 Å². The Hall–Kier alpha value is -4.06. The number of amides is 1. The molecule has 3 unspecified atom stereocenters. The molecule has 12 heteroatoms. The van der Waals surface area contributed by atoms with Crippen LogP contribution in [0, 0.1) is 0 Å². The van der Waals surface area contributed by atoms with Gasteiger partial charge in [-0.1, -0.05) is 36.4 Å². The number of carbonyl (C=O) groups excluding carboxylic acids is 2. The molecule has 3 heterocycles. The Labute approximate surface area is 209 Å². The van der Waals surface area contributed by atoms with Crippen LogP contribution in [0.4, 0.5) is 13.2 Å². The van der Waals surface area contributed by atoms with Crippen molar-refractivity contribution in [1.29, 1.82) is 0 Å². The number of fused-ring (bicyclic) bond motifs is 2. The zero-order chi connectivity index (χ0) is 26.3. The van der Waals surface area contributed by atoms with Gasteiger partial charge >= 0.3 is 12.1 Å². The van der Waals surface area contributed by atoms with Gasteiger partial charge in [-0.3, -0.25) is 9.59 Å². The van der Waals surface area contributed by atoms with Crippen LogP contribution in [0.2, 0.25) is 0 Å². The molecule has 1 saturated heterocycles. The summed E-state index contributed by atoms with van der Waals surface area (Å²) in [6.45, 7) is 1.72. The highest BCUT2D eigenvalue weighted by molar-refractivity contribution is 6.20. The molecule has 37 heavy (non-hydrogen) atoms. The van der Waals surface area contributed by atoms with Crippen LogP contribution in [0.5, 0.6) is 5.75 Å². The van der Waals surface area contributed by atoms with E-state index in [9.17, 15) is 22.8 Å². The predicted molar refractivity (Wildman–Crippen MR) is 125 cm³/mol. The number of carbonyl (C=O) groups is 2. The predicted octanol–water partition coefficient (Wildman–Crippen LogP) is 3.49. The molecular formula is C25H23F3N4O5. The third kappa shape index (κ3) is 4.37. The monoisotopic (exact) mass is 516 g/mol. The number of methoxy groups -OCH3 is 1. The van der Waals surface area contributed by atoms with Crippen molar-refractivity contribution in [1.82, 2.24) is 20.7 Å². The first-order valence-electron chi connectivity index (χ1n) is 11.5. The summed E-state index contributed by atoms with van der Waals surface area (Å²) < 4.78 is 58.6. The van der Waals surface area contributed by atoms with Crippen molar-refractivity contribution in [2.45, 2.75) is 37.6 Å². The minimum absolute atomic E-state index is 0.0563. The molecule has 0 saturated carbocycles. The molecule has 2 aliphatic rings. The lowest BCUT2D eigenvalue weighted by atomic mass is 9.88. The Morgan fingerprint density at radius 3 is 2.59 bits per heavy atom. The van der Waals surface area contributed by atoms with E-state index in [-0.39, 0.29) is 23.8 Å². The van der Waals surface area contributed by atoms with Gasteiger partial charge in [0.25, 0.3) is 5.91 Å². The standard InChI is InChI=1S/C25H23F3N4O5/c1-3-36-17(33)12-14-19(23-30-20-15(35-2)10-7-11-16(20)37-23)24(34)32-22(29-14)18(13-8-5-4-6-9-13)21(31-32)25(26,27)28/h4-11,18,21-22,29,31H,3,12H2,1-2H3. The normalized spacial score (nSPS) is 21.7. The van der Waals surface area contributed by atoms with Crippen molar-refractivity contribution in [3.05, 3.63) is 65.7 Å². The van der Waals surface area contributed by atoms with Crippen LogP contribution in [0.15, 0.2) is 58.6 Å². The number of halogens is 3. The number of benzene rings is 2. The molecule has 2 aliphatic heterocycles. The van der Waals surface area contributed by atoms with Crippen molar-refractivity contribution in [2.24, 2.45) is 0 Å². The zero-order valence-corrected chi connectivity index (χ0v) is 19.8. The van der Waals surface area contributed by atoms with Gasteiger partial charge in [-0.15, -0.1) is 0 Å². The summed E-state index contributed by atoms with van der Waals surface area (Å²) in [5.41, 5.74) is 3.21. The number of hydrogen-bond acceptors (Lipinski definition) is 8. The van der Waals surface area contributed by atoms with Crippen LogP contribution in [-0.2, 0) is 14.3 Å². The van der Waals surface area contributed by atoms with Gasteiger partial charge in [0, 0.05) is 5.70 Å². The van der Waals surface area contributed by atoms with E-state index >= 15 is 0 Å². The van der Waals surface area contributed by atoms with Gasteiger partial charge in [-0.2, -0.15) is 13.2 Å². The first kappa shape index (κ1) is 24.6. The van der Waals surface area contributed by atoms with Crippen molar-refractivity contribution in [3.63, 3.8) is 0 Å². The van der Waals surface area contributed by atoms with Crippen molar-refractivity contribution in [2.75, 3.05) is 13.7 Å². The number of oxazole rings is 1. The number of ether oxygens (including phenoxy) is 2. The van der Waals surface area contributed by atoms with E-state index in [4.69, 9.17) is 13.9 Å². The molecule has 1 fully saturated rings. The summed E-state index contributed by atoms with van der Waals surface area (Å²) >= 11 is 0. The number of aromatic nitrogens is 1. The molecule has 194 valence electrons. The molecule has 2 aromatic carbocycles. The van der Waals surface area contributed by atoms with Crippen LogP contribution < -0.4 is 15.5 Å². The molecule has 0 radical (unpaired) electrons. The van der Waals surface area contributed by atoms with Crippen LogP contribution in [0.3, 0.4) is 0 Å². The number of para-hydroxylation sites is 1. The Balaban J connectivity index is 1.64. The fraction of sp³-hybridized carbons (Fsp3) is 0.320. The molecule has 0 bridgehead atoms. The largest absolute Gasteiger partial charge is 0.494 e. The summed E-state index contributed by atoms with van der Waals surface area (Å²) in [4.78, 5) is 30.6. The van der Waals surface area contributed by atoms with E-state index in [0.29, 0.717) is 22.4 Å². The average molecular weight is 516 g/mol. The molecule has 0 aliphatic carbocycles. The van der Waals surface area contributed by atoms with Gasteiger partial charge in [0.05, 0.1) is 26.1 Å². The van der Waals surface area contributed by atoms with Gasteiger partial charge in [-0.25, -0.2) is 15.4 Å². The number of hydrogen-bond donors (Lipinski definition) is 2. The summed E-state index contributed by atoms with van der Waals surface area (Å²) in [6.07, 6.45) is -6.21. The van der Waals surface area contributed by atoms with E-state index < -0.39 is 42.6 Å². The number of rotatable bonds is 6. The van der Waals surface area contributed by atoms with Gasteiger partial charge < -0.3 is 19.2 Å². The molecule has 1 aromatic heterocycles. The Morgan fingerprint density at radius 1 is 1.16 bits per heavy atom. The maximum atomic E-state index is 14.2. The van der Waals surface area contributed by atoms with E-state index in [2.05, 4.69) is 15.7 Å². The summed E-state index contributed by atoms with van der Waals surface area (Å²) in [5.74, 6) is -2.46. The van der Waals surface area contributed by atoms with Crippen LogP contribution >= 0.6 is 0 Å². The molecule has 5 rings (SSSR count). The molecule has 3 atom stereocenters. The van der Waals surface area contributed by atoms with Gasteiger partial charge in [0.2, 0.25) is 5.89 Å². The third-order valence-electron chi connectivity index (χ3n) is 6.29. The molecule has 3 aromatic rings. The Morgan fingerprint density at radius 2 is 1.92 bits per heavy atom. The van der Waals surface area contributed by atoms with Gasteiger partial charge in [0.15, 0.2) is 11.1 Å². The second kappa shape index (κ2) is 9.43. The summed E-state index contributed by atoms with van der Waals surface area (Å²) in [7, 11) is 1.45. The number of esters is 1. The Kier molecular flexibility index (Phi) is 6.28. The van der Waals surface area contributed by atoms with E-state index in [1.54, 1.807) is 55.5 Å². The Bertz CT molecular complexity index is 1370. The molecule has 0 spiro atoms. The zero-order valence-electron chi connectivity index (χ0n) is 19.8. The molecular weight excluding hydrogens is 493 g/mol. The van der Waals surface area contributed by atoms with Crippen molar-refractivity contribution in [3.8, 4) is 5.75 Å². The minimum atomic E-state index is -4.67. The van der Waals surface area contributed by atoms with E-state index in [0.717, 1.165) is 5.01 Å². The minimum Gasteiger partial charge on any atom is -0.494 e. The SMILES string of the molecule is CCOC(=O)CC1=C(c2nc3c(OC)cccc3o2)C(=O)N2NC(C(F)(F)F)C(c3ccccc3)C2N1. The summed E-state index contributed by atoms with van der Waals surface area (Å²) in [5, 5.41) is 3.89. The lowest BCUT2D eigenvalue weighted by molar-refractivity contribution is -0.161. The van der Waals surface area contributed by atoms with Crippen molar-refractivity contribution >= 4 is 28.5 Å². The molecule has 1 amide bonds. The maximum absolute atomic E-state index is 14.2. The lowest BCUT2D eigenvalue weighted by Crippen LogP contribution is -2.55.